The maximum absolute atomic E-state index is 13.2. The molecular formula is C32H47N3O7. The molecular weight excluding hydrogens is 538 g/mol. The van der Waals surface area contributed by atoms with E-state index in [1.807, 2.05) is 6.07 Å². The molecule has 42 heavy (non-hydrogen) atoms. The zero-order valence-electron chi connectivity index (χ0n) is 25.6. The van der Waals surface area contributed by atoms with Crippen molar-refractivity contribution in [2.24, 2.45) is 0 Å². The number of nitrogens with zero attached hydrogens (tertiary/aromatic N) is 1. The Kier molecular flexibility index (Phi) is 14.8. The van der Waals surface area contributed by atoms with Crippen LogP contribution in [0.5, 0.6) is 0 Å². The SMILES string of the molecule is Cc1ccc(NCCCCCN(C)C(=O)C(OCCCCNc2ccc(C)c(C)c2)C(OCC(=O)O)C(=O)O)cc1C. The topological polar surface area (TPSA) is 137 Å². The summed E-state index contributed by atoms with van der Waals surface area (Å²) in [5.41, 5.74) is 6.99. The fourth-order valence-corrected chi connectivity index (χ4v) is 4.32. The second kappa shape index (κ2) is 18.0. The number of hydrogen-bond acceptors (Lipinski definition) is 7. The molecule has 2 unspecified atom stereocenters. The molecule has 0 spiro atoms. The van der Waals surface area contributed by atoms with E-state index in [0.29, 0.717) is 19.5 Å². The van der Waals surface area contributed by atoms with Gasteiger partial charge in [0.2, 0.25) is 0 Å². The van der Waals surface area contributed by atoms with Gasteiger partial charge in [-0.05, 0) is 106 Å². The van der Waals surface area contributed by atoms with Crippen molar-refractivity contribution in [1.29, 1.82) is 0 Å². The number of amides is 1. The highest BCUT2D eigenvalue weighted by Gasteiger charge is 2.37. The molecule has 10 heteroatoms. The highest BCUT2D eigenvalue weighted by molar-refractivity contribution is 5.88. The highest BCUT2D eigenvalue weighted by Crippen LogP contribution is 2.16. The van der Waals surface area contributed by atoms with E-state index in [-0.39, 0.29) is 6.61 Å². The Morgan fingerprint density at radius 2 is 1.29 bits per heavy atom. The molecule has 0 heterocycles. The number of carboxylic acids is 2. The molecule has 2 aromatic carbocycles. The lowest BCUT2D eigenvalue weighted by Gasteiger charge is -2.27. The van der Waals surface area contributed by atoms with Gasteiger partial charge in [-0.2, -0.15) is 0 Å². The molecule has 0 saturated heterocycles. The third-order valence-electron chi connectivity index (χ3n) is 7.24. The summed E-state index contributed by atoms with van der Waals surface area (Å²) < 4.78 is 10.8. The predicted octanol–water partition coefficient (Wildman–Crippen LogP) is 4.79. The summed E-state index contributed by atoms with van der Waals surface area (Å²) in [5.74, 6) is -3.32. The lowest BCUT2D eigenvalue weighted by atomic mass is 10.1. The van der Waals surface area contributed by atoms with Gasteiger partial charge in [0.25, 0.3) is 5.91 Å². The number of aryl methyl sites for hydroxylation is 4. The molecule has 0 fully saturated rings. The lowest BCUT2D eigenvalue weighted by Crippen LogP contribution is -2.50. The van der Waals surface area contributed by atoms with Gasteiger partial charge in [-0.15, -0.1) is 0 Å². The van der Waals surface area contributed by atoms with Gasteiger partial charge in [0.15, 0.2) is 12.2 Å². The van der Waals surface area contributed by atoms with Crippen molar-refractivity contribution in [2.75, 3.05) is 50.5 Å². The Labute approximate surface area is 249 Å². The Morgan fingerprint density at radius 1 is 0.738 bits per heavy atom. The van der Waals surface area contributed by atoms with Gasteiger partial charge in [-0.25, -0.2) is 9.59 Å². The second-order valence-electron chi connectivity index (χ2n) is 10.7. The molecule has 0 saturated carbocycles. The number of carboxylic acid groups (broad SMARTS) is 2. The number of carbonyl (C=O) groups excluding carboxylic acids is 1. The maximum Gasteiger partial charge on any atom is 0.336 e. The average molecular weight is 586 g/mol. The summed E-state index contributed by atoms with van der Waals surface area (Å²) in [6, 6.07) is 12.4. The molecule has 10 nitrogen and oxygen atoms in total. The van der Waals surface area contributed by atoms with E-state index in [1.165, 1.54) is 27.2 Å². The zero-order chi connectivity index (χ0) is 31.1. The van der Waals surface area contributed by atoms with Gasteiger partial charge < -0.3 is 35.2 Å². The maximum atomic E-state index is 13.2. The molecule has 2 atom stereocenters. The van der Waals surface area contributed by atoms with Crippen molar-refractivity contribution in [1.82, 2.24) is 4.90 Å². The van der Waals surface area contributed by atoms with Crippen molar-refractivity contribution in [2.45, 2.75) is 72.0 Å². The van der Waals surface area contributed by atoms with Crippen LogP contribution in [0.1, 0.15) is 54.4 Å². The van der Waals surface area contributed by atoms with E-state index in [0.717, 1.165) is 43.6 Å². The van der Waals surface area contributed by atoms with Crippen molar-refractivity contribution in [3.05, 3.63) is 58.7 Å². The molecule has 1 amide bonds. The van der Waals surface area contributed by atoms with E-state index >= 15 is 0 Å². The summed E-state index contributed by atoms with van der Waals surface area (Å²) in [4.78, 5) is 37.6. The number of hydrogen-bond donors (Lipinski definition) is 4. The number of unbranched alkanes of at least 4 members (excludes halogenated alkanes) is 3. The molecule has 2 aromatic rings. The van der Waals surface area contributed by atoms with E-state index in [1.54, 1.807) is 7.05 Å². The van der Waals surface area contributed by atoms with Crippen LogP contribution < -0.4 is 10.6 Å². The number of benzene rings is 2. The number of carbonyl (C=O) groups is 3. The summed E-state index contributed by atoms with van der Waals surface area (Å²) in [6.45, 7) is 9.44. The molecule has 232 valence electrons. The van der Waals surface area contributed by atoms with Crippen LogP contribution in [0.15, 0.2) is 36.4 Å². The first-order chi connectivity index (χ1) is 20.0. The molecule has 0 aliphatic carbocycles. The number of likely N-dealkylation sites (N-methyl/N-ethyl adjacent to an activating group) is 1. The summed E-state index contributed by atoms with van der Waals surface area (Å²) >= 11 is 0. The Morgan fingerprint density at radius 3 is 1.79 bits per heavy atom. The molecule has 2 rings (SSSR count). The van der Waals surface area contributed by atoms with Crippen molar-refractivity contribution >= 4 is 29.2 Å². The first kappa shape index (κ1) is 34.6. The van der Waals surface area contributed by atoms with Crippen LogP contribution >= 0.6 is 0 Å². The second-order valence-corrected chi connectivity index (χ2v) is 10.7. The molecule has 0 aliphatic heterocycles. The van der Waals surface area contributed by atoms with E-state index in [9.17, 15) is 19.5 Å². The fourth-order valence-electron chi connectivity index (χ4n) is 4.32. The minimum absolute atomic E-state index is 0.128. The molecule has 0 bridgehead atoms. The number of rotatable bonds is 20. The Balaban J connectivity index is 1.83. The fraction of sp³-hybridized carbons (Fsp3) is 0.531. The van der Waals surface area contributed by atoms with Crippen LogP contribution in [0.2, 0.25) is 0 Å². The van der Waals surface area contributed by atoms with Gasteiger partial charge in [-0.3, -0.25) is 4.79 Å². The smallest absolute Gasteiger partial charge is 0.336 e. The Bertz CT molecular complexity index is 1170. The first-order valence-electron chi connectivity index (χ1n) is 14.5. The monoisotopic (exact) mass is 585 g/mol. The van der Waals surface area contributed by atoms with Crippen LogP contribution in [0.4, 0.5) is 11.4 Å². The zero-order valence-corrected chi connectivity index (χ0v) is 25.6. The number of aliphatic carboxylic acids is 2. The van der Waals surface area contributed by atoms with Crippen LogP contribution in [-0.4, -0.2) is 85.1 Å². The van der Waals surface area contributed by atoms with E-state index in [2.05, 4.69) is 68.7 Å². The van der Waals surface area contributed by atoms with Crippen molar-refractivity contribution in [3.63, 3.8) is 0 Å². The van der Waals surface area contributed by atoms with E-state index < -0.39 is 36.7 Å². The third kappa shape index (κ3) is 12.1. The molecule has 0 aliphatic rings. The quantitative estimate of drug-likeness (QED) is 0.162. The van der Waals surface area contributed by atoms with E-state index in [4.69, 9.17) is 14.6 Å². The minimum atomic E-state index is -1.73. The normalized spacial score (nSPS) is 12.4. The molecule has 4 N–H and O–H groups in total. The average Bonchev–Trinajstić information content (AvgIpc) is 2.94. The van der Waals surface area contributed by atoms with Gasteiger partial charge in [0, 0.05) is 44.7 Å². The van der Waals surface area contributed by atoms with Crippen molar-refractivity contribution in [3.8, 4) is 0 Å². The van der Waals surface area contributed by atoms with Crippen LogP contribution in [0, 0.1) is 27.7 Å². The first-order valence-corrected chi connectivity index (χ1v) is 14.5. The summed E-state index contributed by atoms with van der Waals surface area (Å²) in [7, 11) is 1.59. The lowest BCUT2D eigenvalue weighted by molar-refractivity contribution is -0.175. The predicted molar refractivity (Wildman–Crippen MR) is 164 cm³/mol. The van der Waals surface area contributed by atoms with Gasteiger partial charge in [0.1, 0.15) is 6.61 Å². The standard InChI is InChI=1S/C32H47N3O7/c1-22-11-13-26(19-24(22)3)33-15-7-6-9-17-35(5)31(38)29(30(32(39)40)42-21-28(36)37)41-18-10-8-16-34-27-14-12-23(2)25(4)20-27/h11-14,19-20,29-30,33-34H,6-10,15-18,21H2,1-5H3,(H,36,37)(H,39,40). The molecule has 0 aromatic heterocycles. The minimum Gasteiger partial charge on any atom is -0.480 e. The van der Waals surface area contributed by atoms with Gasteiger partial charge in [0.05, 0.1) is 0 Å². The number of anilines is 2. The highest BCUT2D eigenvalue weighted by atomic mass is 16.6. The Hall–Kier alpha value is -3.63. The number of nitrogens with one attached hydrogen (secondary N) is 2. The number of ether oxygens (including phenoxy) is 2. The largest absolute Gasteiger partial charge is 0.480 e. The molecule has 0 radical (unpaired) electrons. The van der Waals surface area contributed by atoms with Crippen LogP contribution in [0.3, 0.4) is 0 Å². The van der Waals surface area contributed by atoms with Crippen LogP contribution in [0.25, 0.3) is 0 Å². The summed E-state index contributed by atoms with van der Waals surface area (Å²) in [6.07, 6.45) is 0.619. The van der Waals surface area contributed by atoms with Gasteiger partial charge in [-0.1, -0.05) is 12.1 Å². The van der Waals surface area contributed by atoms with Gasteiger partial charge >= 0.3 is 11.9 Å². The van der Waals surface area contributed by atoms with Crippen LogP contribution in [-0.2, 0) is 23.9 Å². The summed E-state index contributed by atoms with van der Waals surface area (Å²) in [5, 5.41) is 25.5. The van der Waals surface area contributed by atoms with Crippen molar-refractivity contribution < 1.29 is 34.1 Å². The third-order valence-corrected chi connectivity index (χ3v) is 7.24.